The first-order valence-electron chi connectivity index (χ1n) is 6.35. The molecule has 0 amide bonds. The molecule has 20 heavy (non-hydrogen) atoms. The largest absolute Gasteiger partial charge is 0.612 e. The maximum absolute atomic E-state index is 11.7. The monoisotopic (exact) mass is 273 g/mol. The summed E-state index contributed by atoms with van der Waals surface area (Å²) in [5.74, 6) is 0.594. The molecule has 0 N–H and O–H groups in total. The summed E-state index contributed by atoms with van der Waals surface area (Å²) < 4.78 is 10.4. The molecule has 0 radical (unpaired) electrons. The van der Waals surface area contributed by atoms with Crippen LogP contribution in [-0.4, -0.2) is 43.5 Å². The lowest BCUT2D eigenvalue weighted by molar-refractivity contribution is -0.146. The van der Waals surface area contributed by atoms with Gasteiger partial charge in [-0.05, 0) is 19.4 Å². The quantitative estimate of drug-likeness (QED) is 0.596. The number of hydrogen-bond donors (Lipinski definition) is 0. The van der Waals surface area contributed by atoms with E-state index in [1.807, 2.05) is 30.3 Å². The fourth-order valence-electron chi connectivity index (χ4n) is 1.94. The first kappa shape index (κ1) is 14.2. The molecule has 1 aliphatic rings. The van der Waals surface area contributed by atoms with Crippen molar-refractivity contribution in [1.29, 1.82) is 0 Å². The number of carbonyl (C=O) groups is 2. The van der Waals surface area contributed by atoms with Gasteiger partial charge in [-0.15, -0.1) is 5.98 Å². The van der Waals surface area contributed by atoms with Crippen LogP contribution in [-0.2, 0) is 18.9 Å². The zero-order valence-corrected chi connectivity index (χ0v) is 11.3. The number of nitrogens with zero attached hydrogens (tertiary/aromatic N) is 1. The Bertz CT molecular complexity index is 509. The summed E-state index contributed by atoms with van der Waals surface area (Å²) in [5, 5.41) is 0. The molecule has 0 aliphatic carbocycles. The van der Waals surface area contributed by atoms with Crippen LogP contribution >= 0.6 is 0 Å². The number of hydrogen-bond acceptors (Lipinski definition) is 5. The van der Waals surface area contributed by atoms with Crippen LogP contribution in [0.15, 0.2) is 36.3 Å². The zero-order chi connectivity index (χ0) is 14.6. The van der Waals surface area contributed by atoms with Crippen molar-refractivity contribution in [3.05, 3.63) is 48.7 Å². The van der Waals surface area contributed by atoms with E-state index in [9.17, 15) is 9.59 Å². The number of benzene rings is 1. The molecular formula is C14H16BNO4. The molecule has 0 aromatic heterocycles. The van der Waals surface area contributed by atoms with Crippen LogP contribution in [0.1, 0.15) is 5.56 Å². The summed E-state index contributed by atoms with van der Waals surface area (Å²) >= 11 is 0. The molecule has 1 saturated heterocycles. The van der Waals surface area contributed by atoms with Gasteiger partial charge < -0.3 is 9.31 Å². The predicted octanol–water partition coefficient (Wildman–Crippen LogP) is 1.09. The van der Waals surface area contributed by atoms with Gasteiger partial charge in [0.2, 0.25) is 0 Å². The van der Waals surface area contributed by atoms with E-state index < -0.39 is 18.5 Å². The van der Waals surface area contributed by atoms with Crippen LogP contribution < -0.4 is 0 Å². The molecule has 1 aromatic carbocycles. The highest BCUT2D eigenvalue weighted by atomic mass is 16.7. The minimum atomic E-state index is -2.34. The molecule has 0 unspecified atom stereocenters. The van der Waals surface area contributed by atoms with Gasteiger partial charge in [0.25, 0.3) is 11.9 Å². The highest BCUT2D eigenvalue weighted by Crippen LogP contribution is 2.14. The fourth-order valence-corrected chi connectivity index (χ4v) is 1.94. The third-order valence-electron chi connectivity index (χ3n) is 2.84. The lowest BCUT2D eigenvalue weighted by Crippen LogP contribution is -2.49. The second kappa shape index (κ2) is 5.84. The Morgan fingerprint density at radius 2 is 1.70 bits per heavy atom. The van der Waals surface area contributed by atoms with Crippen LogP contribution in [0.25, 0.3) is 6.08 Å². The maximum Gasteiger partial charge on any atom is 0.575 e. The smallest absolute Gasteiger partial charge is 0.575 e. The Kier molecular flexibility index (Phi) is 4.15. The van der Waals surface area contributed by atoms with Crippen LogP contribution in [0.4, 0.5) is 0 Å². The fraction of sp³-hybridized carbons (Fsp3) is 0.214. The molecule has 2 rings (SSSR count). The maximum atomic E-state index is 11.7. The standard InChI is InChI=1S/C14H16BNO4/c1-15(9-8-12-6-4-3-5-7-12)19-13(17)10-16(2)11-14(18)20-15/h3-9H,1,10-11H2,2H3/b9-8+. The molecule has 1 aromatic rings. The van der Waals surface area contributed by atoms with E-state index in [4.69, 9.17) is 9.31 Å². The van der Waals surface area contributed by atoms with Crippen molar-refractivity contribution in [2.24, 2.45) is 0 Å². The van der Waals surface area contributed by atoms with Crippen molar-refractivity contribution in [3.8, 4) is 0 Å². The highest BCUT2D eigenvalue weighted by Gasteiger charge is 2.38. The normalized spacial score (nSPS) is 20.1. The molecule has 1 aliphatic heterocycles. The lowest BCUT2D eigenvalue weighted by Gasteiger charge is -2.32. The lowest BCUT2D eigenvalue weighted by atomic mass is 9.59. The van der Waals surface area contributed by atoms with Gasteiger partial charge in [-0.3, -0.25) is 14.5 Å². The Morgan fingerprint density at radius 1 is 1.15 bits per heavy atom. The van der Waals surface area contributed by atoms with E-state index in [-0.39, 0.29) is 13.1 Å². The molecule has 6 heteroatoms. The average molecular weight is 273 g/mol. The molecule has 0 spiro atoms. The van der Waals surface area contributed by atoms with Gasteiger partial charge in [0, 0.05) is 0 Å². The van der Waals surface area contributed by atoms with Crippen molar-refractivity contribution in [2.45, 2.75) is 0 Å². The molecule has 0 saturated carbocycles. The van der Waals surface area contributed by atoms with Gasteiger partial charge in [-0.25, -0.2) is 0 Å². The van der Waals surface area contributed by atoms with Crippen molar-refractivity contribution in [3.63, 3.8) is 0 Å². The second-order valence-electron chi connectivity index (χ2n) is 4.86. The molecule has 0 atom stereocenters. The first-order valence-corrected chi connectivity index (χ1v) is 6.35. The SMILES string of the molecule is [CH2+][B-]1(/C=C/c2ccccc2)OC(=O)CN(C)CC(=O)O1. The summed E-state index contributed by atoms with van der Waals surface area (Å²) in [7, 11) is 1.64. The Balaban J connectivity index is 2.16. The van der Waals surface area contributed by atoms with E-state index in [1.165, 1.54) is 10.9 Å². The topological polar surface area (TPSA) is 55.8 Å². The van der Waals surface area contributed by atoms with Crippen molar-refractivity contribution >= 4 is 24.6 Å². The van der Waals surface area contributed by atoms with E-state index in [0.29, 0.717) is 0 Å². The summed E-state index contributed by atoms with van der Waals surface area (Å²) in [5.41, 5.74) is 0.906. The van der Waals surface area contributed by atoms with Crippen LogP contribution in [0.5, 0.6) is 0 Å². The third kappa shape index (κ3) is 3.89. The summed E-state index contributed by atoms with van der Waals surface area (Å²) in [6, 6.07) is 9.43. The number of likely N-dealkylation sites (N-methyl/N-ethyl adjacent to an activating group) is 1. The van der Waals surface area contributed by atoms with Crippen LogP contribution in [0.2, 0.25) is 0 Å². The van der Waals surface area contributed by atoms with E-state index in [1.54, 1.807) is 13.1 Å². The molecule has 104 valence electrons. The molecule has 1 heterocycles. The zero-order valence-electron chi connectivity index (χ0n) is 11.3. The number of carbonyl (C=O) groups excluding carboxylic acids is 2. The van der Waals surface area contributed by atoms with Crippen LogP contribution in [0.3, 0.4) is 0 Å². The minimum absolute atomic E-state index is 0.0350. The summed E-state index contributed by atoms with van der Waals surface area (Å²) in [4.78, 5) is 24.9. The van der Waals surface area contributed by atoms with E-state index in [0.717, 1.165) is 5.56 Å². The van der Waals surface area contributed by atoms with E-state index >= 15 is 0 Å². The third-order valence-corrected chi connectivity index (χ3v) is 2.84. The van der Waals surface area contributed by atoms with Crippen molar-refractivity contribution < 1.29 is 18.9 Å². The Morgan fingerprint density at radius 3 is 2.25 bits per heavy atom. The van der Waals surface area contributed by atoms with Gasteiger partial charge in [0.05, 0.1) is 13.1 Å². The van der Waals surface area contributed by atoms with Gasteiger partial charge in [-0.2, -0.15) is 0 Å². The van der Waals surface area contributed by atoms with Gasteiger partial charge >= 0.3 is 6.55 Å². The molecular weight excluding hydrogens is 257 g/mol. The first-order chi connectivity index (χ1) is 9.47. The van der Waals surface area contributed by atoms with Crippen LogP contribution in [0, 0.1) is 6.82 Å². The van der Waals surface area contributed by atoms with Crippen molar-refractivity contribution in [1.82, 2.24) is 4.90 Å². The van der Waals surface area contributed by atoms with E-state index in [2.05, 4.69) is 6.82 Å². The summed E-state index contributed by atoms with van der Waals surface area (Å²) in [6.07, 6.45) is 1.72. The number of rotatable bonds is 2. The molecule has 1 fully saturated rings. The van der Waals surface area contributed by atoms with Crippen molar-refractivity contribution in [2.75, 3.05) is 20.1 Å². The second-order valence-corrected chi connectivity index (χ2v) is 4.86. The Hall–Kier alpha value is -2.21. The molecule has 0 bridgehead atoms. The Labute approximate surface area is 118 Å². The average Bonchev–Trinajstić information content (AvgIpc) is 2.35. The highest BCUT2D eigenvalue weighted by molar-refractivity contribution is 6.77. The van der Waals surface area contributed by atoms with Gasteiger partial charge in [-0.1, -0.05) is 36.4 Å². The predicted molar refractivity (Wildman–Crippen MR) is 76.3 cm³/mol. The van der Waals surface area contributed by atoms with Gasteiger partial charge in [0.1, 0.15) is 0 Å². The molecule has 5 nitrogen and oxygen atoms in total. The minimum Gasteiger partial charge on any atom is -0.612 e. The van der Waals surface area contributed by atoms with Gasteiger partial charge in [0.15, 0.2) is 0 Å². The summed E-state index contributed by atoms with van der Waals surface area (Å²) in [6.45, 7) is 1.48.